The van der Waals surface area contributed by atoms with Crippen LogP contribution in [-0.4, -0.2) is 140 Å². The zero-order chi connectivity index (χ0) is 40.5. The van der Waals surface area contributed by atoms with Crippen molar-refractivity contribution in [1.29, 1.82) is 0 Å². The van der Waals surface area contributed by atoms with Crippen LogP contribution in [0.1, 0.15) is 93.6 Å². The molecule has 0 radical (unpaired) electrons. The Morgan fingerprint density at radius 3 is 2.33 bits per heavy atom. The van der Waals surface area contributed by atoms with Gasteiger partial charge in [0.15, 0.2) is 11.4 Å². The third-order valence-corrected chi connectivity index (χ3v) is 12.2. The number of carbonyl (C=O) groups is 1. The Balaban J connectivity index is 1.87. The largest absolute Gasteiger partial charge is 0.459 e. The number of rotatable bonds is 10. The number of ether oxygens (including phenoxy) is 3. The van der Waals surface area contributed by atoms with Crippen LogP contribution in [0.2, 0.25) is 0 Å². The fourth-order valence-electron chi connectivity index (χ4n) is 8.36. The zero-order valence-corrected chi connectivity index (χ0v) is 35.2. The lowest BCUT2D eigenvalue weighted by molar-refractivity contribution is -0.298. The van der Waals surface area contributed by atoms with E-state index >= 15 is 0 Å². The number of esters is 1. The lowest BCUT2D eigenvalue weighted by Crippen LogP contribution is -2.59. The molecule has 54 heavy (non-hydrogen) atoms. The maximum absolute atomic E-state index is 13.6. The number of carbonyl (C=O) groups excluding carboxylic acids is 1. The minimum absolute atomic E-state index is 0.113. The highest BCUT2D eigenvalue weighted by Crippen LogP contribution is 2.37. The predicted molar refractivity (Wildman–Crippen MR) is 214 cm³/mol. The number of nitrogens with one attached hydrogen (secondary N) is 1. The minimum Gasteiger partial charge on any atom is -0.459 e. The van der Waals surface area contributed by atoms with E-state index in [0.29, 0.717) is 44.1 Å². The van der Waals surface area contributed by atoms with Crippen LogP contribution in [0.15, 0.2) is 30.3 Å². The van der Waals surface area contributed by atoms with Crippen molar-refractivity contribution in [1.82, 2.24) is 15.1 Å². The highest BCUT2D eigenvalue weighted by molar-refractivity contribution is 7.80. The molecule has 0 bridgehead atoms. The van der Waals surface area contributed by atoms with E-state index in [1.165, 1.54) is 19.4 Å². The van der Waals surface area contributed by atoms with E-state index in [-0.39, 0.29) is 30.8 Å². The number of cyclic esters (lactones) is 1. The quantitative estimate of drug-likeness (QED) is 0.151. The summed E-state index contributed by atoms with van der Waals surface area (Å²) in [6, 6.07) is 9.64. The van der Waals surface area contributed by atoms with Crippen molar-refractivity contribution in [3.05, 3.63) is 35.9 Å². The predicted octanol–water partition coefficient (Wildman–Crippen LogP) is 3.49. The summed E-state index contributed by atoms with van der Waals surface area (Å²) >= 11 is 5.67. The van der Waals surface area contributed by atoms with E-state index in [0.717, 1.165) is 6.42 Å². The molecule has 12 nitrogen and oxygen atoms in total. The van der Waals surface area contributed by atoms with Crippen molar-refractivity contribution in [2.24, 2.45) is 23.7 Å². The number of hydrogen-bond donors (Lipinski definition) is 6. The van der Waals surface area contributed by atoms with Gasteiger partial charge < -0.3 is 50.0 Å². The third kappa shape index (κ3) is 12.3. The Morgan fingerprint density at radius 1 is 1.06 bits per heavy atom. The van der Waals surface area contributed by atoms with E-state index in [4.69, 9.17) is 26.4 Å². The molecule has 2 aliphatic rings. The van der Waals surface area contributed by atoms with Gasteiger partial charge in [0, 0.05) is 45.2 Å². The molecule has 3 rings (SSSR count). The van der Waals surface area contributed by atoms with Gasteiger partial charge >= 0.3 is 5.97 Å². The molecule has 0 amide bonds. The maximum atomic E-state index is 13.6. The van der Waals surface area contributed by atoms with Gasteiger partial charge in [-0.3, -0.25) is 9.69 Å². The third-order valence-electron chi connectivity index (χ3n) is 11.8. The number of nitrogens with zero attached hydrogens (tertiary/aromatic N) is 2. The Kier molecular flexibility index (Phi) is 17.6. The topological polar surface area (TPSA) is 164 Å². The molecule has 0 unspecified atom stereocenters. The first-order valence-corrected chi connectivity index (χ1v) is 20.4. The fraction of sp³-hybridized carbons (Fsp3) is 0.805. The fourth-order valence-corrected chi connectivity index (χ4v) is 8.55. The molecule has 14 atom stereocenters. The van der Waals surface area contributed by atoms with Gasteiger partial charge in [0.2, 0.25) is 0 Å². The summed E-state index contributed by atoms with van der Waals surface area (Å²) in [4.78, 5) is 17.7. The van der Waals surface area contributed by atoms with Crippen LogP contribution in [0.5, 0.6) is 0 Å². The highest BCUT2D eigenvalue weighted by Gasteiger charge is 2.49. The number of aliphatic hydroxyl groups excluding tert-OH is 3. The van der Waals surface area contributed by atoms with Gasteiger partial charge in [0.05, 0.1) is 29.8 Å². The van der Waals surface area contributed by atoms with Crippen LogP contribution >= 0.6 is 12.2 Å². The first-order chi connectivity index (χ1) is 25.2. The van der Waals surface area contributed by atoms with E-state index in [9.17, 15) is 30.3 Å². The SMILES string of the molecule is CC[C@H]1OC(=O)[C@H](C)[C@@H](O)[C@H](C)[C@@H](O[C@H]2O[C@@H](C)C[C@@H](C)[C@@H]2O)[C@](C)(O)C[C@@H](C)CN(CCCN(C)C(=S)NCCc2ccccc2)[C@H](C)[C@@H](O)[C@]1(C)O. The number of hydrogen-bond acceptors (Lipinski definition) is 11. The van der Waals surface area contributed by atoms with Gasteiger partial charge in [-0.05, 0) is 96.3 Å². The Hall–Kier alpha value is -1.94. The molecule has 1 aromatic carbocycles. The maximum Gasteiger partial charge on any atom is 0.311 e. The average molecular weight is 782 g/mol. The summed E-state index contributed by atoms with van der Waals surface area (Å²) < 4.78 is 18.3. The summed E-state index contributed by atoms with van der Waals surface area (Å²) in [6.07, 6.45) is -4.28. The van der Waals surface area contributed by atoms with Crippen LogP contribution in [0.4, 0.5) is 0 Å². The molecule has 2 fully saturated rings. The summed E-state index contributed by atoms with van der Waals surface area (Å²) in [5, 5.41) is 62.5. The smallest absolute Gasteiger partial charge is 0.311 e. The Bertz CT molecular complexity index is 1310. The second kappa shape index (κ2) is 20.5. The normalized spacial score (nSPS) is 39.2. The van der Waals surface area contributed by atoms with Gasteiger partial charge in [0.25, 0.3) is 0 Å². The highest BCUT2D eigenvalue weighted by atomic mass is 32.1. The molecule has 2 aliphatic heterocycles. The van der Waals surface area contributed by atoms with Crippen LogP contribution in [-0.2, 0) is 25.4 Å². The molecule has 0 aromatic heterocycles. The standard InChI is InChI=1S/C41H71N3O9S/c1-11-32-41(9,50)35(47)30(7)44(21-15-20-43(10)39(54)42-19-18-31-16-13-12-14-17-31)24-25(2)23-40(8,49)36(28(5)34(46)29(6)37(48)52-32)53-38-33(45)26(3)22-27(4)51-38/h12-14,16-17,25-30,32-36,38,45-47,49-50H,11,15,18-24H2,1-10H3,(H,42,54)/t25-,26-,27+,28+,29-,30-,32-,33+,34+,35-,36-,38-,40-,41-/m1/s1. The first kappa shape index (κ1) is 46.4. The number of benzene rings is 1. The number of aliphatic hydroxyl groups is 5. The van der Waals surface area contributed by atoms with Gasteiger partial charge in [-0.25, -0.2) is 0 Å². The molecule has 0 aliphatic carbocycles. The molecule has 0 saturated carbocycles. The molecule has 1 aromatic rings. The lowest BCUT2D eigenvalue weighted by Gasteiger charge is -2.45. The first-order valence-electron chi connectivity index (χ1n) is 20.0. The molecule has 310 valence electrons. The average Bonchev–Trinajstić information content (AvgIpc) is 3.11. The second-order valence-electron chi connectivity index (χ2n) is 16.9. The van der Waals surface area contributed by atoms with Crippen LogP contribution < -0.4 is 5.32 Å². The van der Waals surface area contributed by atoms with Crippen molar-refractivity contribution in [2.75, 3.05) is 33.2 Å². The second-order valence-corrected chi connectivity index (χ2v) is 17.2. The zero-order valence-electron chi connectivity index (χ0n) is 34.4. The summed E-state index contributed by atoms with van der Waals surface area (Å²) in [5.41, 5.74) is -2.13. The molecular formula is C41H71N3O9S. The number of thiocarbonyl (C=S) groups is 1. The van der Waals surface area contributed by atoms with Crippen molar-refractivity contribution in [3.63, 3.8) is 0 Å². The molecule has 6 N–H and O–H groups in total. The summed E-state index contributed by atoms with van der Waals surface area (Å²) in [7, 11) is 1.94. The molecule has 13 heteroatoms. The molecular weight excluding hydrogens is 711 g/mol. The lowest BCUT2D eigenvalue weighted by atomic mass is 9.78. The van der Waals surface area contributed by atoms with Crippen molar-refractivity contribution in [2.45, 2.75) is 155 Å². The van der Waals surface area contributed by atoms with Gasteiger partial charge in [-0.2, -0.15) is 0 Å². The van der Waals surface area contributed by atoms with Crippen molar-refractivity contribution >= 4 is 23.3 Å². The van der Waals surface area contributed by atoms with Crippen LogP contribution in [0.3, 0.4) is 0 Å². The monoisotopic (exact) mass is 781 g/mol. The molecule has 0 spiro atoms. The van der Waals surface area contributed by atoms with E-state index in [1.54, 1.807) is 20.8 Å². The Morgan fingerprint density at radius 2 is 1.70 bits per heavy atom. The van der Waals surface area contributed by atoms with Crippen molar-refractivity contribution in [3.8, 4) is 0 Å². The van der Waals surface area contributed by atoms with Gasteiger partial charge in [0.1, 0.15) is 23.9 Å². The van der Waals surface area contributed by atoms with Crippen molar-refractivity contribution < 1.29 is 44.5 Å². The van der Waals surface area contributed by atoms with E-state index in [2.05, 4.69) is 22.3 Å². The van der Waals surface area contributed by atoms with E-state index in [1.807, 2.05) is 57.8 Å². The minimum atomic E-state index is -1.82. The molecule has 2 saturated heterocycles. The van der Waals surface area contributed by atoms with E-state index < -0.39 is 71.9 Å². The summed E-state index contributed by atoms with van der Waals surface area (Å²) in [6.45, 7) is 18.2. The molecule has 2 heterocycles. The van der Waals surface area contributed by atoms with Gasteiger partial charge in [-0.1, -0.05) is 58.0 Å². The van der Waals surface area contributed by atoms with Gasteiger partial charge in [-0.15, -0.1) is 0 Å². The Labute approximate surface area is 329 Å². The van der Waals surface area contributed by atoms with Crippen LogP contribution in [0.25, 0.3) is 0 Å². The summed E-state index contributed by atoms with van der Waals surface area (Å²) in [5.74, 6) is -2.88. The van der Waals surface area contributed by atoms with Crippen LogP contribution in [0, 0.1) is 23.7 Å².